The number of nitrogens with zero attached hydrogens (tertiary/aromatic N) is 6. The molecule has 1 N–H and O–H groups in total. The molecule has 0 aliphatic carbocycles. The molecule has 1 aliphatic heterocycles. The van der Waals surface area contributed by atoms with Gasteiger partial charge in [-0.05, 0) is 37.6 Å². The summed E-state index contributed by atoms with van der Waals surface area (Å²) in [5, 5.41) is 8.54. The van der Waals surface area contributed by atoms with Crippen LogP contribution in [0.25, 0.3) is 22.2 Å². The maximum atomic E-state index is 12.8. The summed E-state index contributed by atoms with van der Waals surface area (Å²) in [5.41, 5.74) is 3.65. The van der Waals surface area contributed by atoms with E-state index >= 15 is 0 Å². The predicted octanol–water partition coefficient (Wildman–Crippen LogP) is 3.19. The third-order valence-corrected chi connectivity index (χ3v) is 7.18. The van der Waals surface area contributed by atoms with Gasteiger partial charge in [-0.3, -0.25) is 10.1 Å². The molecule has 4 aromatic rings. The van der Waals surface area contributed by atoms with Crippen molar-refractivity contribution in [2.24, 2.45) is 0 Å². The van der Waals surface area contributed by atoms with Gasteiger partial charge in [0.15, 0.2) is 0 Å². The van der Waals surface area contributed by atoms with E-state index in [1.54, 1.807) is 18.6 Å². The van der Waals surface area contributed by atoms with Crippen molar-refractivity contribution in [3.8, 4) is 17.1 Å². The van der Waals surface area contributed by atoms with Crippen LogP contribution in [-0.4, -0.2) is 65.9 Å². The van der Waals surface area contributed by atoms with Crippen molar-refractivity contribution >= 4 is 27.7 Å². The molecule has 0 aromatic carbocycles. The molecular formula is C24H27N7O2S. The van der Waals surface area contributed by atoms with Gasteiger partial charge in [-0.2, -0.15) is 5.10 Å². The third kappa shape index (κ3) is 4.92. The number of pyridine rings is 3. The van der Waals surface area contributed by atoms with Crippen LogP contribution < -0.4 is 9.64 Å². The van der Waals surface area contributed by atoms with Gasteiger partial charge in [0.2, 0.25) is 5.88 Å². The Morgan fingerprint density at radius 2 is 1.94 bits per heavy atom. The number of H-pyrrole nitrogens is 1. The van der Waals surface area contributed by atoms with E-state index < -0.39 is 11.0 Å². The van der Waals surface area contributed by atoms with E-state index in [1.165, 1.54) is 0 Å². The molecule has 9 nitrogen and oxygen atoms in total. The fourth-order valence-corrected chi connectivity index (χ4v) is 5.21. The molecule has 0 saturated carbocycles. The molecule has 1 fully saturated rings. The minimum absolute atomic E-state index is 0.0465. The highest BCUT2D eigenvalue weighted by Crippen LogP contribution is 2.30. The Morgan fingerprint density at radius 3 is 2.71 bits per heavy atom. The number of nitrogens with one attached hydrogen (secondary N) is 1. The van der Waals surface area contributed by atoms with Crippen LogP contribution in [0.5, 0.6) is 5.88 Å². The Hall–Kier alpha value is -3.37. The molecule has 5 heterocycles. The highest BCUT2D eigenvalue weighted by molar-refractivity contribution is 7.81. The van der Waals surface area contributed by atoms with Gasteiger partial charge in [0.25, 0.3) is 0 Å². The van der Waals surface area contributed by atoms with Crippen molar-refractivity contribution in [1.82, 2.24) is 29.5 Å². The Balaban J connectivity index is 1.29. The molecule has 0 spiro atoms. The molecule has 1 atom stereocenters. The highest BCUT2D eigenvalue weighted by Gasteiger charge is 2.23. The summed E-state index contributed by atoms with van der Waals surface area (Å²) in [4.78, 5) is 15.3. The molecule has 1 saturated heterocycles. The Labute approximate surface area is 200 Å². The molecular weight excluding hydrogens is 450 g/mol. The number of fused-ring (bicyclic) bond motifs is 1. The summed E-state index contributed by atoms with van der Waals surface area (Å²) in [7, 11) is -1.07. The smallest absolute Gasteiger partial charge is 0.214 e. The quantitative estimate of drug-likeness (QED) is 0.436. The van der Waals surface area contributed by atoms with Gasteiger partial charge in [-0.25, -0.2) is 18.5 Å². The standard InChI is InChI=1S/C24H27N7O2S/c1-17(2)33-23-13-20-21(15-27-23)28-29-24(20)19-5-7-26-22(12-19)30-8-10-31(11-9-30)34(32)16-18-4-3-6-25-14-18/h3-7,12-15,17H,8-11,16H2,1-2H3,(H,28,29). The van der Waals surface area contributed by atoms with Gasteiger partial charge in [0.1, 0.15) is 11.5 Å². The maximum absolute atomic E-state index is 12.8. The number of rotatable bonds is 7. The lowest BCUT2D eigenvalue weighted by Gasteiger charge is -2.34. The van der Waals surface area contributed by atoms with Crippen LogP contribution in [0.1, 0.15) is 19.4 Å². The Kier molecular flexibility index (Phi) is 6.50. The van der Waals surface area contributed by atoms with Gasteiger partial charge >= 0.3 is 0 Å². The topological polar surface area (TPSA) is 100 Å². The minimum Gasteiger partial charge on any atom is -0.475 e. The lowest BCUT2D eigenvalue weighted by Crippen LogP contribution is -2.47. The molecule has 10 heteroatoms. The number of hydrogen-bond donors (Lipinski definition) is 1. The van der Waals surface area contributed by atoms with Gasteiger partial charge < -0.3 is 9.64 Å². The SMILES string of the molecule is CC(C)Oc1cc2c(-c3ccnc(N4CCN(S(=O)Cc5cccnc5)CC4)c3)n[nH]c2cn1. The van der Waals surface area contributed by atoms with Crippen molar-refractivity contribution in [3.63, 3.8) is 0 Å². The molecule has 1 unspecified atom stereocenters. The van der Waals surface area contributed by atoms with E-state index in [4.69, 9.17) is 4.74 Å². The number of ether oxygens (including phenoxy) is 1. The van der Waals surface area contributed by atoms with E-state index in [2.05, 4.69) is 36.1 Å². The monoisotopic (exact) mass is 477 g/mol. The fraction of sp³-hybridized carbons (Fsp3) is 0.333. The predicted molar refractivity (Wildman–Crippen MR) is 133 cm³/mol. The van der Waals surface area contributed by atoms with Crippen LogP contribution >= 0.6 is 0 Å². The summed E-state index contributed by atoms with van der Waals surface area (Å²) in [6.45, 7) is 6.90. The third-order valence-electron chi connectivity index (χ3n) is 5.66. The second-order valence-corrected chi connectivity index (χ2v) is 9.90. The zero-order valence-corrected chi connectivity index (χ0v) is 20.0. The summed E-state index contributed by atoms with van der Waals surface area (Å²) in [5.74, 6) is 1.96. The fourth-order valence-electron chi connectivity index (χ4n) is 4.00. The van der Waals surface area contributed by atoms with Gasteiger partial charge in [-0.1, -0.05) is 6.07 Å². The first-order valence-electron chi connectivity index (χ1n) is 11.3. The molecule has 0 radical (unpaired) electrons. The van der Waals surface area contributed by atoms with Gasteiger partial charge in [-0.15, -0.1) is 0 Å². The number of piperazine rings is 1. The maximum Gasteiger partial charge on any atom is 0.214 e. The van der Waals surface area contributed by atoms with E-state index in [9.17, 15) is 4.21 Å². The second-order valence-electron chi connectivity index (χ2n) is 8.45. The summed E-state index contributed by atoms with van der Waals surface area (Å²) < 4.78 is 20.6. The first-order valence-corrected chi connectivity index (χ1v) is 12.6. The van der Waals surface area contributed by atoms with E-state index in [1.807, 2.05) is 48.6 Å². The molecule has 1 aliphatic rings. The van der Waals surface area contributed by atoms with Crippen LogP contribution in [-0.2, 0) is 16.7 Å². The largest absolute Gasteiger partial charge is 0.475 e. The summed E-state index contributed by atoms with van der Waals surface area (Å²) in [6.07, 6.45) is 7.11. The van der Waals surface area contributed by atoms with Crippen LogP contribution in [0.3, 0.4) is 0 Å². The summed E-state index contributed by atoms with van der Waals surface area (Å²) >= 11 is 0. The highest BCUT2D eigenvalue weighted by atomic mass is 32.2. The van der Waals surface area contributed by atoms with Crippen molar-refractivity contribution in [2.75, 3.05) is 31.1 Å². The number of hydrogen-bond acceptors (Lipinski definition) is 7. The molecule has 34 heavy (non-hydrogen) atoms. The van der Waals surface area contributed by atoms with E-state index in [-0.39, 0.29) is 6.10 Å². The van der Waals surface area contributed by atoms with Gasteiger partial charge in [0.05, 0.1) is 34.6 Å². The van der Waals surface area contributed by atoms with Crippen LogP contribution in [0.15, 0.2) is 55.1 Å². The van der Waals surface area contributed by atoms with E-state index in [0.29, 0.717) is 24.7 Å². The second kappa shape index (κ2) is 9.86. The number of aromatic amines is 1. The lowest BCUT2D eigenvalue weighted by atomic mass is 10.1. The molecule has 5 rings (SSSR count). The average molecular weight is 478 g/mol. The van der Waals surface area contributed by atoms with E-state index in [0.717, 1.165) is 46.6 Å². The molecule has 0 amide bonds. The van der Waals surface area contributed by atoms with Crippen molar-refractivity contribution < 1.29 is 8.95 Å². The van der Waals surface area contributed by atoms with Crippen LogP contribution in [0.2, 0.25) is 0 Å². The molecule has 4 aromatic heterocycles. The Morgan fingerprint density at radius 1 is 1.09 bits per heavy atom. The zero-order valence-electron chi connectivity index (χ0n) is 19.2. The molecule has 0 bridgehead atoms. The number of aromatic nitrogens is 5. The lowest BCUT2D eigenvalue weighted by molar-refractivity contribution is 0.233. The molecule has 176 valence electrons. The van der Waals surface area contributed by atoms with Crippen LogP contribution in [0.4, 0.5) is 5.82 Å². The average Bonchev–Trinajstić information content (AvgIpc) is 3.28. The Bertz CT molecular complexity index is 1290. The first-order chi connectivity index (χ1) is 16.6. The van der Waals surface area contributed by atoms with Gasteiger partial charge in [0, 0.05) is 61.8 Å². The van der Waals surface area contributed by atoms with Crippen molar-refractivity contribution in [3.05, 3.63) is 60.7 Å². The number of anilines is 1. The first kappa shape index (κ1) is 22.4. The zero-order chi connectivity index (χ0) is 23.5. The van der Waals surface area contributed by atoms with Crippen LogP contribution in [0, 0.1) is 0 Å². The normalized spacial score (nSPS) is 15.7. The van der Waals surface area contributed by atoms with Crippen molar-refractivity contribution in [2.45, 2.75) is 25.7 Å². The van der Waals surface area contributed by atoms with Crippen molar-refractivity contribution in [1.29, 1.82) is 0 Å². The minimum atomic E-state index is -1.07. The summed E-state index contributed by atoms with van der Waals surface area (Å²) in [6, 6.07) is 9.78.